The van der Waals surface area contributed by atoms with Gasteiger partial charge in [-0.05, 0) is 71.7 Å². The second-order valence-electron chi connectivity index (χ2n) is 9.82. The molecule has 43 heavy (non-hydrogen) atoms. The summed E-state index contributed by atoms with van der Waals surface area (Å²) in [5.41, 5.74) is 3.37. The normalized spacial score (nSPS) is 11.1. The predicted molar refractivity (Wildman–Crippen MR) is 170 cm³/mol. The number of thioether (sulfide) groups is 1. The second-order valence-corrected chi connectivity index (χ2v) is 10.9. The van der Waals surface area contributed by atoms with Gasteiger partial charge in [0.15, 0.2) is 0 Å². The molecule has 0 saturated carbocycles. The van der Waals surface area contributed by atoms with Gasteiger partial charge in [-0.1, -0.05) is 56.3 Å². The smallest absolute Gasteiger partial charge is 0.272 e. The van der Waals surface area contributed by atoms with Crippen LogP contribution in [0.1, 0.15) is 41.3 Å². The molecule has 0 heterocycles. The first-order chi connectivity index (χ1) is 20.7. The van der Waals surface area contributed by atoms with Crippen molar-refractivity contribution in [3.63, 3.8) is 0 Å². The Morgan fingerprint density at radius 3 is 2.02 bits per heavy atom. The maximum absolute atomic E-state index is 13.3. The maximum atomic E-state index is 13.3. The summed E-state index contributed by atoms with van der Waals surface area (Å²) in [5, 5.41) is 19.1. The van der Waals surface area contributed by atoms with Crippen molar-refractivity contribution in [1.82, 2.24) is 5.32 Å². The van der Waals surface area contributed by atoms with E-state index in [1.54, 1.807) is 54.6 Å². The van der Waals surface area contributed by atoms with Crippen molar-refractivity contribution >= 4 is 52.6 Å². The van der Waals surface area contributed by atoms with E-state index in [9.17, 15) is 24.5 Å². The van der Waals surface area contributed by atoms with Crippen LogP contribution in [0.4, 0.5) is 17.1 Å². The highest BCUT2D eigenvalue weighted by Crippen LogP contribution is 2.22. The number of hydrogen-bond donors (Lipinski definition) is 3. The Morgan fingerprint density at radius 2 is 1.42 bits per heavy atom. The first-order valence-corrected chi connectivity index (χ1v) is 14.4. The summed E-state index contributed by atoms with van der Waals surface area (Å²) >= 11 is 1.30. The number of non-ortho nitro benzene ring substituents is 1. The topological polar surface area (TPSA) is 130 Å². The number of benzene rings is 4. The van der Waals surface area contributed by atoms with Gasteiger partial charge < -0.3 is 16.0 Å². The number of rotatable bonds is 11. The van der Waals surface area contributed by atoms with Crippen molar-refractivity contribution in [3.8, 4) is 0 Å². The standard InChI is InChI=1S/C33H30N4O5S/c1-22(2)24-10-8-23(9-11-24)20-30(36-32(39)25-6-4-3-5-7-25)33(40)35-27-14-18-29(19-15-27)43-21-31(38)34-26-12-16-28(17-13-26)37(41)42/h3-20,22H,21H2,1-2H3,(H,34,38)(H,35,40)(H,36,39)/b30-20-. The quantitative estimate of drug-likeness (QED) is 0.0753. The van der Waals surface area contributed by atoms with Crippen molar-refractivity contribution < 1.29 is 19.3 Å². The summed E-state index contributed by atoms with van der Waals surface area (Å²) in [6, 6.07) is 29.0. The minimum atomic E-state index is -0.503. The molecule has 4 aromatic rings. The number of hydrogen-bond acceptors (Lipinski definition) is 6. The van der Waals surface area contributed by atoms with Crippen LogP contribution in [-0.2, 0) is 9.59 Å². The SMILES string of the molecule is CC(C)c1ccc(/C=C(\NC(=O)c2ccccc2)C(=O)Nc2ccc(SCC(=O)Nc3ccc([N+](=O)[O-])cc3)cc2)cc1. The van der Waals surface area contributed by atoms with Crippen LogP contribution in [0.3, 0.4) is 0 Å². The van der Waals surface area contributed by atoms with Gasteiger partial charge in [0.2, 0.25) is 5.91 Å². The van der Waals surface area contributed by atoms with Gasteiger partial charge in [-0.25, -0.2) is 0 Å². The average Bonchev–Trinajstić information content (AvgIpc) is 3.01. The molecular formula is C33H30N4O5S. The van der Waals surface area contributed by atoms with Crippen molar-refractivity contribution in [2.24, 2.45) is 0 Å². The van der Waals surface area contributed by atoms with E-state index >= 15 is 0 Å². The monoisotopic (exact) mass is 594 g/mol. The first-order valence-electron chi connectivity index (χ1n) is 13.4. The Balaban J connectivity index is 1.39. The highest BCUT2D eigenvalue weighted by Gasteiger charge is 2.15. The molecule has 3 N–H and O–H groups in total. The third-order valence-electron chi connectivity index (χ3n) is 6.29. The summed E-state index contributed by atoms with van der Waals surface area (Å²) in [7, 11) is 0. The van der Waals surface area contributed by atoms with Crippen LogP contribution in [0.15, 0.2) is 114 Å². The Bertz CT molecular complexity index is 1620. The van der Waals surface area contributed by atoms with Crippen LogP contribution in [-0.4, -0.2) is 28.4 Å². The summed E-state index contributed by atoms with van der Waals surface area (Å²) < 4.78 is 0. The maximum Gasteiger partial charge on any atom is 0.272 e. The zero-order valence-electron chi connectivity index (χ0n) is 23.6. The molecule has 218 valence electrons. The number of nitrogens with zero attached hydrogens (tertiary/aromatic N) is 1. The lowest BCUT2D eigenvalue weighted by molar-refractivity contribution is -0.384. The molecule has 0 radical (unpaired) electrons. The highest BCUT2D eigenvalue weighted by atomic mass is 32.2. The number of carbonyl (C=O) groups excluding carboxylic acids is 3. The summed E-state index contributed by atoms with van der Waals surface area (Å²) in [4.78, 5) is 49.6. The van der Waals surface area contributed by atoms with E-state index in [0.717, 1.165) is 10.5 Å². The Labute approximate surface area is 253 Å². The van der Waals surface area contributed by atoms with Gasteiger partial charge >= 0.3 is 0 Å². The molecule has 0 bridgehead atoms. The van der Waals surface area contributed by atoms with Crippen LogP contribution in [0, 0.1) is 10.1 Å². The predicted octanol–water partition coefficient (Wildman–Crippen LogP) is 6.86. The van der Waals surface area contributed by atoms with E-state index in [1.165, 1.54) is 41.6 Å². The van der Waals surface area contributed by atoms with Crippen molar-refractivity contribution in [2.75, 3.05) is 16.4 Å². The number of carbonyl (C=O) groups is 3. The van der Waals surface area contributed by atoms with Crippen molar-refractivity contribution in [2.45, 2.75) is 24.7 Å². The first kappa shape index (κ1) is 30.7. The molecule has 0 saturated heterocycles. The van der Waals surface area contributed by atoms with E-state index < -0.39 is 16.7 Å². The average molecular weight is 595 g/mol. The Hall–Kier alpha value is -5.22. The van der Waals surface area contributed by atoms with Gasteiger partial charge in [0.25, 0.3) is 17.5 Å². The molecule has 0 unspecified atom stereocenters. The molecule has 9 nitrogen and oxygen atoms in total. The number of amides is 3. The lowest BCUT2D eigenvalue weighted by Crippen LogP contribution is -2.30. The number of nitrogens with one attached hydrogen (secondary N) is 3. The molecule has 10 heteroatoms. The number of nitro groups is 1. The molecule has 0 aliphatic heterocycles. The van der Waals surface area contributed by atoms with Gasteiger partial charge in [0.05, 0.1) is 10.7 Å². The van der Waals surface area contributed by atoms with Crippen molar-refractivity contribution in [3.05, 3.63) is 136 Å². The fourth-order valence-corrected chi connectivity index (χ4v) is 4.63. The molecule has 0 spiro atoms. The molecule has 4 aromatic carbocycles. The third kappa shape index (κ3) is 9.14. The number of anilines is 2. The lowest BCUT2D eigenvalue weighted by atomic mass is 10.0. The zero-order valence-corrected chi connectivity index (χ0v) is 24.4. The van der Waals surface area contributed by atoms with Crippen LogP contribution in [0.2, 0.25) is 0 Å². The van der Waals surface area contributed by atoms with Gasteiger partial charge in [0, 0.05) is 34.0 Å². The van der Waals surface area contributed by atoms with Gasteiger partial charge in [-0.2, -0.15) is 0 Å². The summed E-state index contributed by atoms with van der Waals surface area (Å²) in [6.07, 6.45) is 1.63. The second kappa shape index (κ2) is 14.6. The molecular weight excluding hydrogens is 564 g/mol. The fraction of sp³-hybridized carbons (Fsp3) is 0.121. The van der Waals surface area contributed by atoms with Crippen molar-refractivity contribution in [1.29, 1.82) is 0 Å². The summed E-state index contributed by atoms with van der Waals surface area (Å²) in [6.45, 7) is 4.20. The lowest BCUT2D eigenvalue weighted by Gasteiger charge is -2.12. The Kier molecular flexibility index (Phi) is 10.4. The summed E-state index contributed by atoms with van der Waals surface area (Å²) in [5.74, 6) is -0.665. The molecule has 0 atom stereocenters. The van der Waals surface area contributed by atoms with E-state index in [0.29, 0.717) is 22.9 Å². The van der Waals surface area contributed by atoms with Gasteiger partial charge in [-0.15, -0.1) is 11.8 Å². The largest absolute Gasteiger partial charge is 0.325 e. The van der Waals surface area contributed by atoms with Crippen LogP contribution >= 0.6 is 11.8 Å². The van der Waals surface area contributed by atoms with Crippen LogP contribution in [0.5, 0.6) is 0 Å². The molecule has 3 amide bonds. The third-order valence-corrected chi connectivity index (χ3v) is 7.30. The minimum Gasteiger partial charge on any atom is -0.325 e. The van der Waals surface area contributed by atoms with Crippen LogP contribution < -0.4 is 16.0 Å². The molecule has 4 rings (SSSR count). The van der Waals surface area contributed by atoms with Gasteiger partial charge in [-0.3, -0.25) is 24.5 Å². The molecule has 0 aliphatic carbocycles. The highest BCUT2D eigenvalue weighted by molar-refractivity contribution is 8.00. The molecule has 0 fully saturated rings. The van der Waals surface area contributed by atoms with E-state index in [1.807, 2.05) is 30.3 Å². The van der Waals surface area contributed by atoms with E-state index in [2.05, 4.69) is 29.8 Å². The fourth-order valence-electron chi connectivity index (χ4n) is 3.93. The van der Waals surface area contributed by atoms with E-state index in [-0.39, 0.29) is 23.0 Å². The van der Waals surface area contributed by atoms with E-state index in [4.69, 9.17) is 0 Å². The minimum absolute atomic E-state index is 0.0546. The van der Waals surface area contributed by atoms with Crippen LogP contribution in [0.25, 0.3) is 6.08 Å². The molecule has 0 aromatic heterocycles. The Morgan fingerprint density at radius 1 is 0.814 bits per heavy atom. The molecule has 0 aliphatic rings. The zero-order chi connectivity index (χ0) is 30.8. The van der Waals surface area contributed by atoms with Gasteiger partial charge in [0.1, 0.15) is 5.70 Å². The number of nitro benzene ring substituents is 1.